The van der Waals surface area contributed by atoms with Crippen LogP contribution in [0.1, 0.15) is 24.0 Å². The summed E-state index contributed by atoms with van der Waals surface area (Å²) >= 11 is 0. The second-order valence-corrected chi connectivity index (χ2v) is 4.93. The van der Waals surface area contributed by atoms with E-state index in [-0.39, 0.29) is 11.8 Å². The van der Waals surface area contributed by atoms with E-state index in [1.807, 2.05) is 0 Å². The Labute approximate surface area is 103 Å². The number of benzene rings is 1. The molecule has 0 unspecified atom stereocenters. The fraction of sp³-hybridized carbons (Fsp3) is 0.500. The zero-order valence-electron chi connectivity index (χ0n) is 10.6. The van der Waals surface area contributed by atoms with Crippen LogP contribution in [0.3, 0.4) is 0 Å². The van der Waals surface area contributed by atoms with Gasteiger partial charge in [-0.05, 0) is 49.9 Å². The lowest BCUT2D eigenvalue weighted by atomic mass is 9.95. The van der Waals surface area contributed by atoms with Crippen LogP contribution in [-0.2, 0) is 4.79 Å². The lowest BCUT2D eigenvalue weighted by molar-refractivity contribution is -0.122. The van der Waals surface area contributed by atoms with Gasteiger partial charge in [0.2, 0.25) is 5.91 Å². The minimum Gasteiger partial charge on any atom is -0.371 e. The van der Waals surface area contributed by atoms with Gasteiger partial charge in [0, 0.05) is 24.7 Å². The summed E-state index contributed by atoms with van der Waals surface area (Å²) in [5.74, 6) is -0.0810. The summed E-state index contributed by atoms with van der Waals surface area (Å²) in [6, 6.07) is 6.54. The van der Waals surface area contributed by atoms with Crippen molar-refractivity contribution >= 4 is 11.6 Å². The fourth-order valence-corrected chi connectivity index (χ4v) is 2.34. The molecule has 1 heterocycles. The molecular formula is C14H20N2O. The maximum absolute atomic E-state index is 11.1. The first-order valence-corrected chi connectivity index (χ1v) is 6.19. The predicted molar refractivity (Wildman–Crippen MR) is 70.0 cm³/mol. The molecule has 1 saturated heterocycles. The van der Waals surface area contributed by atoms with Crippen molar-refractivity contribution in [2.45, 2.75) is 26.7 Å². The molecule has 0 bridgehead atoms. The summed E-state index contributed by atoms with van der Waals surface area (Å²) in [5, 5.41) is 0. The van der Waals surface area contributed by atoms with E-state index in [0.29, 0.717) is 0 Å². The van der Waals surface area contributed by atoms with Crippen LogP contribution >= 0.6 is 0 Å². The summed E-state index contributed by atoms with van der Waals surface area (Å²) in [7, 11) is 0. The van der Waals surface area contributed by atoms with Crippen molar-refractivity contribution in [3.63, 3.8) is 0 Å². The number of primary amides is 1. The zero-order chi connectivity index (χ0) is 12.4. The number of piperidine rings is 1. The largest absolute Gasteiger partial charge is 0.371 e. The average Bonchev–Trinajstić information content (AvgIpc) is 2.33. The Bertz CT molecular complexity index is 420. The van der Waals surface area contributed by atoms with Crippen molar-refractivity contribution in [3.05, 3.63) is 29.3 Å². The normalized spacial score (nSPS) is 17.2. The number of amides is 1. The molecule has 1 aliphatic rings. The van der Waals surface area contributed by atoms with Gasteiger partial charge in [-0.2, -0.15) is 0 Å². The molecule has 0 aliphatic carbocycles. The molecule has 0 radical (unpaired) electrons. The number of nitrogens with two attached hydrogens (primary N) is 1. The lowest BCUT2D eigenvalue weighted by Crippen LogP contribution is -2.38. The van der Waals surface area contributed by atoms with Crippen molar-refractivity contribution in [1.82, 2.24) is 0 Å². The Balaban J connectivity index is 2.05. The Morgan fingerprint density at radius 2 is 1.88 bits per heavy atom. The molecule has 2 rings (SSSR count). The molecular weight excluding hydrogens is 212 g/mol. The van der Waals surface area contributed by atoms with E-state index in [0.717, 1.165) is 25.9 Å². The highest BCUT2D eigenvalue weighted by molar-refractivity contribution is 5.77. The lowest BCUT2D eigenvalue weighted by Gasteiger charge is -2.32. The van der Waals surface area contributed by atoms with Gasteiger partial charge < -0.3 is 10.6 Å². The molecule has 92 valence electrons. The third kappa shape index (κ3) is 2.60. The van der Waals surface area contributed by atoms with E-state index >= 15 is 0 Å². The van der Waals surface area contributed by atoms with Crippen LogP contribution < -0.4 is 10.6 Å². The molecule has 0 spiro atoms. The Kier molecular flexibility index (Phi) is 3.36. The number of carbonyl (C=O) groups is 1. The van der Waals surface area contributed by atoms with Gasteiger partial charge in [-0.1, -0.05) is 6.07 Å². The highest BCUT2D eigenvalue weighted by Gasteiger charge is 2.23. The highest BCUT2D eigenvalue weighted by Crippen LogP contribution is 2.24. The molecule has 17 heavy (non-hydrogen) atoms. The van der Waals surface area contributed by atoms with Gasteiger partial charge in [-0.25, -0.2) is 0 Å². The first-order chi connectivity index (χ1) is 8.08. The van der Waals surface area contributed by atoms with Crippen LogP contribution in [0.2, 0.25) is 0 Å². The molecule has 3 heteroatoms. The number of hydrogen-bond acceptors (Lipinski definition) is 2. The smallest absolute Gasteiger partial charge is 0.220 e. The van der Waals surface area contributed by atoms with E-state index in [4.69, 9.17) is 5.73 Å². The summed E-state index contributed by atoms with van der Waals surface area (Å²) in [4.78, 5) is 13.4. The van der Waals surface area contributed by atoms with Crippen molar-refractivity contribution in [2.24, 2.45) is 11.7 Å². The van der Waals surface area contributed by atoms with Crippen molar-refractivity contribution in [2.75, 3.05) is 18.0 Å². The first-order valence-electron chi connectivity index (χ1n) is 6.19. The predicted octanol–water partition coefficient (Wildman–Crippen LogP) is 2.01. The Hall–Kier alpha value is -1.51. The molecule has 1 fully saturated rings. The Morgan fingerprint density at radius 3 is 2.41 bits per heavy atom. The van der Waals surface area contributed by atoms with E-state index in [1.54, 1.807) is 0 Å². The Morgan fingerprint density at radius 1 is 1.24 bits per heavy atom. The molecule has 0 saturated carbocycles. The van der Waals surface area contributed by atoms with Gasteiger partial charge in [-0.3, -0.25) is 4.79 Å². The van der Waals surface area contributed by atoms with E-state index < -0.39 is 0 Å². The first kappa shape index (κ1) is 12.0. The van der Waals surface area contributed by atoms with Gasteiger partial charge in [0.1, 0.15) is 0 Å². The maximum atomic E-state index is 11.1. The molecule has 0 atom stereocenters. The number of carbonyl (C=O) groups excluding carboxylic acids is 1. The number of rotatable bonds is 2. The van der Waals surface area contributed by atoms with Crippen LogP contribution in [0.4, 0.5) is 5.69 Å². The topological polar surface area (TPSA) is 46.3 Å². The molecule has 1 aliphatic heterocycles. The quantitative estimate of drug-likeness (QED) is 0.847. The van der Waals surface area contributed by atoms with Crippen LogP contribution in [0, 0.1) is 19.8 Å². The number of aryl methyl sites for hydroxylation is 2. The summed E-state index contributed by atoms with van der Waals surface area (Å²) in [6.07, 6.45) is 1.75. The molecule has 1 aromatic carbocycles. The number of nitrogens with zero attached hydrogens (tertiary/aromatic N) is 1. The van der Waals surface area contributed by atoms with Gasteiger partial charge in [0.15, 0.2) is 0 Å². The molecule has 1 amide bonds. The van der Waals surface area contributed by atoms with Crippen molar-refractivity contribution in [1.29, 1.82) is 0 Å². The maximum Gasteiger partial charge on any atom is 0.220 e. The number of anilines is 1. The van der Waals surface area contributed by atoms with Gasteiger partial charge in [-0.15, -0.1) is 0 Å². The van der Waals surface area contributed by atoms with Gasteiger partial charge in [0.05, 0.1) is 0 Å². The summed E-state index contributed by atoms with van der Waals surface area (Å²) < 4.78 is 0. The monoisotopic (exact) mass is 232 g/mol. The third-order valence-corrected chi connectivity index (χ3v) is 3.75. The van der Waals surface area contributed by atoms with Crippen LogP contribution in [0.25, 0.3) is 0 Å². The average molecular weight is 232 g/mol. The van der Waals surface area contributed by atoms with Gasteiger partial charge in [0.25, 0.3) is 0 Å². The summed E-state index contributed by atoms with van der Waals surface area (Å²) in [6.45, 7) is 6.11. The van der Waals surface area contributed by atoms with E-state index in [2.05, 4.69) is 36.9 Å². The van der Waals surface area contributed by atoms with E-state index in [1.165, 1.54) is 16.8 Å². The molecule has 2 N–H and O–H groups in total. The van der Waals surface area contributed by atoms with Crippen LogP contribution in [-0.4, -0.2) is 19.0 Å². The molecule has 0 aromatic heterocycles. The SMILES string of the molecule is Cc1ccc(N2CCC(C(N)=O)CC2)cc1C. The van der Waals surface area contributed by atoms with Gasteiger partial charge >= 0.3 is 0 Å². The number of hydrogen-bond donors (Lipinski definition) is 1. The highest BCUT2D eigenvalue weighted by atomic mass is 16.1. The summed E-state index contributed by atoms with van der Waals surface area (Å²) in [5.41, 5.74) is 9.24. The zero-order valence-corrected chi connectivity index (χ0v) is 10.6. The minimum atomic E-state index is -0.148. The minimum absolute atomic E-state index is 0.0674. The molecule has 3 nitrogen and oxygen atoms in total. The van der Waals surface area contributed by atoms with Crippen LogP contribution in [0.5, 0.6) is 0 Å². The van der Waals surface area contributed by atoms with Crippen molar-refractivity contribution < 1.29 is 4.79 Å². The second-order valence-electron chi connectivity index (χ2n) is 4.93. The standard InChI is InChI=1S/C14H20N2O/c1-10-3-4-13(9-11(10)2)16-7-5-12(6-8-16)14(15)17/h3-4,9,12H,5-8H2,1-2H3,(H2,15,17). The fourth-order valence-electron chi connectivity index (χ4n) is 2.34. The second kappa shape index (κ2) is 4.78. The molecule has 1 aromatic rings. The van der Waals surface area contributed by atoms with E-state index in [9.17, 15) is 4.79 Å². The van der Waals surface area contributed by atoms with Crippen molar-refractivity contribution in [3.8, 4) is 0 Å². The third-order valence-electron chi connectivity index (χ3n) is 3.75. The van der Waals surface area contributed by atoms with Crippen LogP contribution in [0.15, 0.2) is 18.2 Å².